The Morgan fingerprint density at radius 1 is 1.46 bits per heavy atom. The summed E-state index contributed by atoms with van der Waals surface area (Å²) in [6.07, 6.45) is 1.16. The molecule has 1 heterocycles. The molecule has 1 aromatic heterocycles. The zero-order valence-corrected chi connectivity index (χ0v) is 12.1. The maximum atomic E-state index is 3.61. The Bertz CT molecular complexity index is 276. The van der Waals surface area contributed by atoms with Crippen LogP contribution in [0.4, 0.5) is 0 Å². The van der Waals surface area contributed by atoms with Crippen LogP contribution in [0.3, 0.4) is 0 Å². The summed E-state index contributed by atoms with van der Waals surface area (Å²) in [4.78, 5) is 0.564. The lowest BCUT2D eigenvalue weighted by Crippen LogP contribution is -2.20. The zero-order valence-electron chi connectivity index (χ0n) is 8.10. The van der Waals surface area contributed by atoms with Crippen molar-refractivity contribution < 1.29 is 0 Å². The van der Waals surface area contributed by atoms with Gasteiger partial charge in [0.2, 0.25) is 0 Å². The molecule has 0 saturated carbocycles. The molecule has 1 rings (SSSR count). The largest absolute Gasteiger partial charge is 0.151 e. The van der Waals surface area contributed by atoms with Crippen molar-refractivity contribution in [1.82, 2.24) is 0 Å². The molecule has 0 fully saturated rings. The van der Waals surface area contributed by atoms with Crippen LogP contribution >= 0.6 is 43.2 Å². The number of rotatable bonds is 3. The number of hydrogen-bond donors (Lipinski definition) is 0. The van der Waals surface area contributed by atoms with Gasteiger partial charge in [-0.3, -0.25) is 0 Å². The summed E-state index contributed by atoms with van der Waals surface area (Å²) in [6, 6.07) is 0. The summed E-state index contributed by atoms with van der Waals surface area (Å²) < 4.78 is 1.25. The number of halogens is 2. The van der Waals surface area contributed by atoms with Crippen LogP contribution in [0, 0.1) is 0 Å². The summed E-state index contributed by atoms with van der Waals surface area (Å²) in [5.74, 6) is 0. The van der Waals surface area contributed by atoms with Crippen molar-refractivity contribution in [2.45, 2.75) is 37.4 Å². The molecule has 1 unspecified atom stereocenters. The van der Waals surface area contributed by atoms with Gasteiger partial charge in [0.05, 0.1) is 0 Å². The molecule has 1 atom stereocenters. The molecule has 1 aromatic rings. The molecule has 74 valence electrons. The van der Waals surface area contributed by atoms with Crippen LogP contribution in [0.2, 0.25) is 0 Å². The molecule has 0 N–H and O–H groups in total. The topological polar surface area (TPSA) is 0 Å². The van der Waals surface area contributed by atoms with Gasteiger partial charge in [-0.2, -0.15) is 11.3 Å². The minimum absolute atomic E-state index is 0.252. The van der Waals surface area contributed by atoms with Crippen molar-refractivity contribution in [1.29, 1.82) is 0 Å². The van der Waals surface area contributed by atoms with Crippen LogP contribution in [0.15, 0.2) is 15.2 Å². The minimum Gasteiger partial charge on any atom is -0.151 e. The molecule has 13 heavy (non-hydrogen) atoms. The molecule has 0 saturated heterocycles. The Hall–Kier alpha value is 0.660. The van der Waals surface area contributed by atoms with Gasteiger partial charge in [-0.25, -0.2) is 0 Å². The molecule has 3 heteroatoms. The van der Waals surface area contributed by atoms with Crippen molar-refractivity contribution in [3.8, 4) is 0 Å². The third kappa shape index (κ3) is 3.07. The van der Waals surface area contributed by atoms with Gasteiger partial charge in [0.25, 0.3) is 0 Å². The van der Waals surface area contributed by atoms with E-state index in [1.165, 1.54) is 10.0 Å². The predicted octanol–water partition coefficient (Wildman–Crippen LogP) is 4.96. The van der Waals surface area contributed by atoms with Crippen LogP contribution in [0.25, 0.3) is 0 Å². The van der Waals surface area contributed by atoms with E-state index in [1.807, 2.05) is 0 Å². The molecule has 0 aromatic carbocycles. The monoisotopic (exact) mass is 324 g/mol. The van der Waals surface area contributed by atoms with Gasteiger partial charge >= 0.3 is 0 Å². The first-order valence-corrected chi connectivity index (χ1v) is 6.95. The molecule has 0 aliphatic carbocycles. The van der Waals surface area contributed by atoms with Crippen LogP contribution in [-0.2, 0) is 5.41 Å². The van der Waals surface area contributed by atoms with Gasteiger partial charge in [-0.1, -0.05) is 36.7 Å². The SMILES string of the molecule is CC(Br)CC(C)(C)c1cscc1Br. The Morgan fingerprint density at radius 3 is 2.46 bits per heavy atom. The molecular formula is C10H14Br2S. The van der Waals surface area contributed by atoms with Crippen LogP contribution in [0.5, 0.6) is 0 Å². The lowest BCUT2D eigenvalue weighted by molar-refractivity contribution is 0.482. The third-order valence-corrected chi connectivity index (χ3v) is 4.16. The van der Waals surface area contributed by atoms with Crippen molar-refractivity contribution >= 4 is 43.2 Å². The van der Waals surface area contributed by atoms with E-state index in [-0.39, 0.29) is 5.41 Å². The normalized spacial score (nSPS) is 14.5. The second-order valence-corrected chi connectivity index (χ2v) is 7.16. The van der Waals surface area contributed by atoms with Gasteiger partial charge in [0.1, 0.15) is 0 Å². The number of thiophene rings is 1. The molecule has 0 aliphatic rings. The standard InChI is InChI=1S/C10H14Br2S/c1-7(11)4-10(2,3)8-5-13-6-9(8)12/h5-7H,4H2,1-3H3. The average Bonchev–Trinajstić information content (AvgIpc) is 2.32. The fourth-order valence-corrected chi connectivity index (χ4v) is 4.41. The van der Waals surface area contributed by atoms with Crippen molar-refractivity contribution in [2.24, 2.45) is 0 Å². The van der Waals surface area contributed by atoms with E-state index in [1.54, 1.807) is 11.3 Å². The highest BCUT2D eigenvalue weighted by Gasteiger charge is 2.25. The summed E-state index contributed by atoms with van der Waals surface area (Å²) in [5, 5.41) is 4.38. The summed E-state index contributed by atoms with van der Waals surface area (Å²) in [7, 11) is 0. The lowest BCUT2D eigenvalue weighted by Gasteiger charge is -2.26. The van der Waals surface area contributed by atoms with E-state index < -0.39 is 0 Å². The molecule has 0 radical (unpaired) electrons. The van der Waals surface area contributed by atoms with Gasteiger partial charge in [0, 0.05) is 14.7 Å². The molecule has 0 bridgehead atoms. The van der Waals surface area contributed by atoms with E-state index in [0.29, 0.717) is 4.83 Å². The maximum Gasteiger partial charge on any atom is 0.0319 e. The third-order valence-electron chi connectivity index (χ3n) is 2.14. The van der Waals surface area contributed by atoms with Crippen LogP contribution in [0.1, 0.15) is 32.8 Å². The molecule has 0 amide bonds. The van der Waals surface area contributed by atoms with E-state index in [9.17, 15) is 0 Å². The van der Waals surface area contributed by atoms with E-state index in [0.717, 1.165) is 6.42 Å². The van der Waals surface area contributed by atoms with E-state index >= 15 is 0 Å². The fourth-order valence-electron chi connectivity index (χ4n) is 1.58. The molecule has 0 nitrogen and oxygen atoms in total. The van der Waals surface area contributed by atoms with E-state index in [4.69, 9.17) is 0 Å². The summed E-state index contributed by atoms with van der Waals surface area (Å²) in [5.41, 5.74) is 1.67. The maximum absolute atomic E-state index is 3.61. The predicted molar refractivity (Wildman–Crippen MR) is 68.1 cm³/mol. The van der Waals surface area contributed by atoms with Crippen LogP contribution in [-0.4, -0.2) is 4.83 Å². The Labute approximate surface area is 101 Å². The van der Waals surface area contributed by atoms with Gasteiger partial charge in [-0.15, -0.1) is 0 Å². The summed E-state index contributed by atoms with van der Waals surface area (Å²) >= 11 is 8.95. The highest BCUT2D eigenvalue weighted by Crippen LogP contribution is 2.37. The van der Waals surface area contributed by atoms with Crippen molar-refractivity contribution in [2.75, 3.05) is 0 Å². The first kappa shape index (κ1) is 11.7. The van der Waals surface area contributed by atoms with Gasteiger partial charge < -0.3 is 0 Å². The number of hydrogen-bond acceptors (Lipinski definition) is 1. The number of alkyl halides is 1. The van der Waals surface area contributed by atoms with Gasteiger partial charge in [0.15, 0.2) is 0 Å². The van der Waals surface area contributed by atoms with Crippen LogP contribution < -0.4 is 0 Å². The van der Waals surface area contributed by atoms with Gasteiger partial charge in [-0.05, 0) is 38.7 Å². The molecule has 0 spiro atoms. The van der Waals surface area contributed by atoms with E-state index in [2.05, 4.69) is 63.4 Å². The second-order valence-electron chi connectivity index (χ2n) is 4.00. The molecule has 0 aliphatic heterocycles. The smallest absolute Gasteiger partial charge is 0.0319 e. The zero-order chi connectivity index (χ0) is 10.1. The van der Waals surface area contributed by atoms with Crippen molar-refractivity contribution in [3.63, 3.8) is 0 Å². The molecular weight excluding hydrogens is 312 g/mol. The van der Waals surface area contributed by atoms with Crippen molar-refractivity contribution in [3.05, 3.63) is 20.8 Å². The Morgan fingerprint density at radius 2 is 2.08 bits per heavy atom. The second kappa shape index (κ2) is 4.45. The first-order chi connectivity index (χ1) is 5.93. The Balaban J connectivity index is 2.87. The lowest BCUT2D eigenvalue weighted by atomic mass is 9.82. The first-order valence-electron chi connectivity index (χ1n) is 4.30. The quantitative estimate of drug-likeness (QED) is 0.689. The minimum atomic E-state index is 0.252. The average molecular weight is 326 g/mol. The Kier molecular flexibility index (Phi) is 4.02. The fraction of sp³-hybridized carbons (Fsp3) is 0.600. The highest BCUT2D eigenvalue weighted by molar-refractivity contribution is 9.10. The highest BCUT2D eigenvalue weighted by atomic mass is 79.9. The summed E-state index contributed by atoms with van der Waals surface area (Å²) in [6.45, 7) is 6.77.